The molecule has 1 fully saturated rings. The molecule has 7 heteroatoms. The summed E-state index contributed by atoms with van der Waals surface area (Å²) in [5, 5.41) is 0.150. The number of hydrogen-bond donors (Lipinski definition) is 0. The number of anilines is 1. The van der Waals surface area contributed by atoms with E-state index in [0.29, 0.717) is 36.5 Å². The van der Waals surface area contributed by atoms with Crippen molar-refractivity contribution in [1.82, 2.24) is 14.9 Å². The van der Waals surface area contributed by atoms with Crippen LogP contribution < -0.4 is 9.64 Å². The van der Waals surface area contributed by atoms with Gasteiger partial charge in [-0.1, -0.05) is 0 Å². The van der Waals surface area contributed by atoms with Gasteiger partial charge in [-0.15, -0.1) is 0 Å². The zero-order valence-electron chi connectivity index (χ0n) is 17.0. The summed E-state index contributed by atoms with van der Waals surface area (Å²) in [6, 6.07) is 7.99. The Hall–Kier alpha value is -2.18. The van der Waals surface area contributed by atoms with Crippen molar-refractivity contribution in [2.75, 3.05) is 31.1 Å². The first-order valence-electron chi connectivity index (χ1n) is 10.3. The minimum Gasteiger partial charge on any atom is -0.493 e. The van der Waals surface area contributed by atoms with Gasteiger partial charge in [-0.3, -0.25) is 9.69 Å². The van der Waals surface area contributed by atoms with Crippen LogP contribution in [0.2, 0.25) is 5.28 Å². The quantitative estimate of drug-likeness (QED) is 0.696. The minimum absolute atomic E-state index is 0.0549. The Labute approximate surface area is 176 Å². The van der Waals surface area contributed by atoms with Gasteiger partial charge in [0.2, 0.25) is 5.28 Å². The Balaban J connectivity index is 1.56. The number of halogens is 1. The lowest BCUT2D eigenvalue weighted by atomic mass is 9.95. The van der Waals surface area contributed by atoms with Gasteiger partial charge in [0.1, 0.15) is 11.6 Å². The highest BCUT2D eigenvalue weighted by Gasteiger charge is 2.28. The largest absolute Gasteiger partial charge is 0.493 e. The van der Waals surface area contributed by atoms with Crippen molar-refractivity contribution in [2.24, 2.45) is 5.92 Å². The van der Waals surface area contributed by atoms with Gasteiger partial charge in [0.05, 0.1) is 6.61 Å². The molecule has 0 N–H and O–H groups in total. The Morgan fingerprint density at radius 2 is 2.10 bits per heavy atom. The lowest BCUT2D eigenvalue weighted by molar-refractivity contribution is 0.0969. The van der Waals surface area contributed by atoms with Crippen LogP contribution in [0.25, 0.3) is 0 Å². The predicted octanol–water partition coefficient (Wildman–Crippen LogP) is 3.83. The van der Waals surface area contributed by atoms with Crippen molar-refractivity contribution in [3.63, 3.8) is 0 Å². The number of hydrogen-bond acceptors (Lipinski definition) is 5. The van der Waals surface area contributed by atoms with Gasteiger partial charge in [-0.2, -0.15) is 0 Å². The third-order valence-electron chi connectivity index (χ3n) is 5.89. The van der Waals surface area contributed by atoms with Gasteiger partial charge in [0, 0.05) is 30.8 Å². The summed E-state index contributed by atoms with van der Waals surface area (Å²) in [4.78, 5) is 26.0. The molecule has 3 heterocycles. The number of rotatable bonds is 5. The van der Waals surface area contributed by atoms with Crippen molar-refractivity contribution in [1.29, 1.82) is 0 Å². The first kappa shape index (κ1) is 20.1. The fraction of sp³-hybridized carbons (Fsp3) is 0.500. The van der Waals surface area contributed by atoms with E-state index in [9.17, 15) is 4.79 Å². The zero-order valence-corrected chi connectivity index (χ0v) is 17.7. The zero-order chi connectivity index (χ0) is 20.4. The van der Waals surface area contributed by atoms with Crippen LogP contribution in [0.5, 0.6) is 5.75 Å². The van der Waals surface area contributed by atoms with E-state index in [4.69, 9.17) is 16.3 Å². The van der Waals surface area contributed by atoms with E-state index >= 15 is 0 Å². The Morgan fingerprint density at radius 1 is 1.31 bits per heavy atom. The number of ether oxygens (including phenoxy) is 1. The molecular formula is C22H27ClN4O2. The third kappa shape index (κ3) is 4.54. The third-order valence-corrected chi connectivity index (χ3v) is 6.07. The van der Waals surface area contributed by atoms with E-state index in [-0.39, 0.29) is 11.2 Å². The van der Waals surface area contributed by atoms with E-state index in [0.717, 1.165) is 43.7 Å². The molecule has 1 saturated heterocycles. The second-order valence-electron chi connectivity index (χ2n) is 8.09. The molecule has 2 aromatic rings. The Kier molecular flexibility index (Phi) is 6.01. The smallest absolute Gasteiger partial charge is 0.259 e. The molecule has 2 aliphatic rings. The lowest BCUT2D eigenvalue weighted by Gasteiger charge is -2.36. The van der Waals surface area contributed by atoms with Crippen LogP contribution >= 0.6 is 11.6 Å². The number of piperidine rings is 1. The molecule has 29 heavy (non-hydrogen) atoms. The SMILES string of the molecule is CC(C)N1CCC(CN(C(=O)c2ccc3c(c2)CCO3)c2ccnc(Cl)n2)CC1. The fourth-order valence-electron chi connectivity index (χ4n) is 4.14. The molecule has 0 radical (unpaired) electrons. The molecule has 1 aromatic carbocycles. The summed E-state index contributed by atoms with van der Waals surface area (Å²) in [6.07, 6.45) is 4.57. The van der Waals surface area contributed by atoms with Gasteiger partial charge < -0.3 is 9.64 Å². The van der Waals surface area contributed by atoms with Crippen LogP contribution in [0.4, 0.5) is 5.82 Å². The monoisotopic (exact) mass is 414 g/mol. The van der Waals surface area contributed by atoms with E-state index in [1.165, 1.54) is 0 Å². The van der Waals surface area contributed by atoms with Crippen molar-refractivity contribution in [3.05, 3.63) is 46.9 Å². The number of aromatic nitrogens is 2. The Morgan fingerprint density at radius 3 is 2.83 bits per heavy atom. The molecule has 0 spiro atoms. The van der Waals surface area contributed by atoms with Crippen molar-refractivity contribution in [3.8, 4) is 5.75 Å². The van der Waals surface area contributed by atoms with Crippen LogP contribution in [0, 0.1) is 5.92 Å². The average molecular weight is 415 g/mol. The van der Waals surface area contributed by atoms with Gasteiger partial charge in [0.25, 0.3) is 5.91 Å². The van der Waals surface area contributed by atoms with Crippen LogP contribution in [-0.2, 0) is 6.42 Å². The highest BCUT2D eigenvalue weighted by atomic mass is 35.5. The number of fused-ring (bicyclic) bond motifs is 1. The van der Waals surface area contributed by atoms with Crippen molar-refractivity contribution in [2.45, 2.75) is 39.2 Å². The van der Waals surface area contributed by atoms with Crippen LogP contribution in [0.3, 0.4) is 0 Å². The molecular weight excluding hydrogens is 388 g/mol. The van der Waals surface area contributed by atoms with E-state index in [1.54, 1.807) is 17.2 Å². The summed E-state index contributed by atoms with van der Waals surface area (Å²) in [7, 11) is 0. The molecule has 2 aliphatic heterocycles. The van der Waals surface area contributed by atoms with E-state index in [2.05, 4.69) is 28.7 Å². The first-order chi connectivity index (χ1) is 14.0. The van der Waals surface area contributed by atoms with Crippen LogP contribution in [-0.4, -0.2) is 53.1 Å². The van der Waals surface area contributed by atoms with Crippen LogP contribution in [0.15, 0.2) is 30.5 Å². The number of benzene rings is 1. The second kappa shape index (κ2) is 8.67. The summed E-state index contributed by atoms with van der Waals surface area (Å²) in [6.45, 7) is 7.89. The molecule has 0 saturated carbocycles. The Bertz CT molecular complexity index is 881. The maximum Gasteiger partial charge on any atom is 0.259 e. The van der Waals surface area contributed by atoms with Gasteiger partial charge in [0.15, 0.2) is 0 Å². The molecule has 154 valence electrons. The summed E-state index contributed by atoms with van der Waals surface area (Å²) in [5.41, 5.74) is 1.74. The average Bonchev–Trinajstić information content (AvgIpc) is 3.19. The van der Waals surface area contributed by atoms with Gasteiger partial charge >= 0.3 is 0 Å². The summed E-state index contributed by atoms with van der Waals surface area (Å²) >= 11 is 6.03. The lowest BCUT2D eigenvalue weighted by Crippen LogP contribution is -2.43. The maximum absolute atomic E-state index is 13.5. The topological polar surface area (TPSA) is 58.6 Å². The highest BCUT2D eigenvalue weighted by Crippen LogP contribution is 2.28. The van der Waals surface area contributed by atoms with E-state index in [1.807, 2.05) is 18.2 Å². The van der Waals surface area contributed by atoms with Crippen molar-refractivity contribution >= 4 is 23.3 Å². The molecule has 6 nitrogen and oxygen atoms in total. The molecule has 0 atom stereocenters. The predicted molar refractivity (Wildman–Crippen MR) is 114 cm³/mol. The molecule has 0 aliphatic carbocycles. The normalized spacial score (nSPS) is 17.2. The number of likely N-dealkylation sites (tertiary alicyclic amines) is 1. The molecule has 4 rings (SSSR count). The standard InChI is InChI=1S/C22H27ClN4O2/c1-15(2)26-10-6-16(7-11-26)14-27(20-5-9-24-22(23)25-20)21(28)18-3-4-19-17(13-18)8-12-29-19/h3-5,9,13,15-16H,6-8,10-12,14H2,1-2H3. The summed E-state index contributed by atoms with van der Waals surface area (Å²) in [5.74, 6) is 1.80. The number of carbonyl (C=O) groups is 1. The summed E-state index contributed by atoms with van der Waals surface area (Å²) < 4.78 is 5.58. The highest BCUT2D eigenvalue weighted by molar-refractivity contribution is 6.28. The maximum atomic E-state index is 13.5. The van der Waals surface area contributed by atoms with Gasteiger partial charge in [-0.25, -0.2) is 9.97 Å². The second-order valence-corrected chi connectivity index (χ2v) is 8.43. The van der Waals surface area contributed by atoms with Crippen molar-refractivity contribution < 1.29 is 9.53 Å². The van der Waals surface area contributed by atoms with E-state index < -0.39 is 0 Å². The molecule has 1 amide bonds. The first-order valence-corrected chi connectivity index (χ1v) is 10.7. The number of carbonyl (C=O) groups excluding carboxylic acids is 1. The number of nitrogens with zero attached hydrogens (tertiary/aromatic N) is 4. The van der Waals surface area contributed by atoms with Crippen LogP contribution in [0.1, 0.15) is 42.6 Å². The molecule has 1 aromatic heterocycles. The minimum atomic E-state index is -0.0549. The fourth-order valence-corrected chi connectivity index (χ4v) is 4.29. The molecule has 0 bridgehead atoms. The number of amides is 1. The van der Waals surface area contributed by atoms with Gasteiger partial charge in [-0.05, 0) is 87.1 Å². The molecule has 0 unspecified atom stereocenters.